The lowest BCUT2D eigenvalue weighted by atomic mass is 9.51. The third-order valence-electron chi connectivity index (χ3n) is 14.5. The smallest absolute Gasteiger partial charge is 0.293 e. The Morgan fingerprint density at radius 2 is 1.75 bits per heavy atom. The number of halogens is 1. The molecule has 0 spiro atoms. The zero-order valence-corrected chi connectivity index (χ0v) is 38.2. The Hall–Kier alpha value is -5.48. The van der Waals surface area contributed by atoms with Gasteiger partial charge in [-0.25, -0.2) is 18.1 Å². The number of nitrogens with one attached hydrogen (secondary N) is 3. The number of nitrogens with zero attached hydrogens (tertiary/aromatic N) is 4. The van der Waals surface area contributed by atoms with Crippen molar-refractivity contribution in [1.82, 2.24) is 19.6 Å². The number of H-pyrrole nitrogens is 1. The highest BCUT2D eigenvalue weighted by atomic mass is 35.5. The molecular formula is C49H54ClN7O7S. The molecule has 1 amide bonds. The first-order valence-corrected chi connectivity index (χ1v) is 24.4. The number of sulfonamides is 1. The van der Waals surface area contributed by atoms with Crippen LogP contribution < -0.4 is 19.7 Å². The molecule has 65 heavy (non-hydrogen) atoms. The molecule has 3 aromatic carbocycles. The van der Waals surface area contributed by atoms with E-state index in [1.807, 2.05) is 18.2 Å². The fourth-order valence-corrected chi connectivity index (χ4v) is 12.9. The molecule has 5 aliphatic carbocycles. The number of aromatic nitrogens is 2. The summed E-state index contributed by atoms with van der Waals surface area (Å²) < 4.78 is 36.3. The first kappa shape index (κ1) is 43.4. The molecule has 11 rings (SSSR count). The van der Waals surface area contributed by atoms with E-state index in [9.17, 15) is 28.4 Å². The van der Waals surface area contributed by atoms with Crippen LogP contribution in [-0.4, -0.2) is 83.1 Å². The molecule has 0 radical (unpaired) electrons. The third-order valence-corrected chi connectivity index (χ3v) is 16.1. The molecule has 16 heteroatoms. The fraction of sp³-hybridized carbons (Fsp3) is 0.429. The average Bonchev–Trinajstić information content (AvgIpc) is 3.72. The largest absolute Gasteiger partial charge is 0.455 e. The minimum atomic E-state index is -4.60. The van der Waals surface area contributed by atoms with Gasteiger partial charge in [0.2, 0.25) is 0 Å². The van der Waals surface area contributed by atoms with Gasteiger partial charge in [0.05, 0.1) is 27.2 Å². The fourth-order valence-electron chi connectivity index (χ4n) is 11.8. The number of piperazine rings is 1. The number of benzene rings is 3. The number of aromatic amines is 1. The Morgan fingerprint density at radius 1 is 1.00 bits per heavy atom. The number of hydrogen-bond donors (Lipinski definition) is 4. The standard InChI is InChI=1S/C49H54ClN7O7S/c1-47(2)13-11-35(41(27-47)33-3-5-36(50)6-4-33)29-55-15-17-56(18-16-55)37-7-9-40(44(21-37)64-38-20-34-12-14-51-45(34)52-28-38)46(58)54-65(62,63)39-8-10-42(43(22-39)57(60)61)53-48-23-31-19-32(24-48)26-49(59,25-31)30-48/h3-10,12,14,20-22,28,31-32,53,59H,11,13,15-19,23-27,29-30H2,1-2H3,(H,51,52)(H,54,58). The molecule has 1 aliphatic heterocycles. The molecule has 4 saturated carbocycles. The second kappa shape index (κ2) is 16.4. The van der Waals surface area contributed by atoms with Crippen molar-refractivity contribution in [2.45, 2.75) is 87.7 Å². The number of carbonyl (C=O) groups excluding carboxylic acids is 1. The summed E-state index contributed by atoms with van der Waals surface area (Å²) in [4.78, 5) is 37.7. The molecule has 4 N–H and O–H groups in total. The second-order valence-electron chi connectivity index (χ2n) is 20.0. The van der Waals surface area contributed by atoms with E-state index in [-0.39, 0.29) is 22.4 Å². The number of carbonyl (C=O) groups is 1. The molecule has 2 aromatic heterocycles. The number of allylic oxidation sites excluding steroid dienone is 1. The van der Waals surface area contributed by atoms with Crippen LogP contribution in [-0.2, 0) is 10.0 Å². The van der Waals surface area contributed by atoms with E-state index in [0.717, 1.165) is 106 Å². The Kier molecular flexibility index (Phi) is 11.0. The summed E-state index contributed by atoms with van der Waals surface area (Å²) in [5.74, 6) is 0.183. The van der Waals surface area contributed by atoms with Gasteiger partial charge in [0.1, 0.15) is 22.8 Å². The van der Waals surface area contributed by atoms with Crippen LogP contribution in [0.4, 0.5) is 17.1 Å². The molecule has 340 valence electrons. The molecular weight excluding hydrogens is 866 g/mol. The van der Waals surface area contributed by atoms with E-state index in [1.165, 1.54) is 35.0 Å². The number of rotatable bonds is 12. The molecule has 1 saturated heterocycles. The van der Waals surface area contributed by atoms with Gasteiger partial charge in [0.15, 0.2) is 0 Å². The van der Waals surface area contributed by atoms with Crippen LogP contribution in [0.5, 0.6) is 11.5 Å². The van der Waals surface area contributed by atoms with Crippen molar-refractivity contribution in [3.05, 3.63) is 117 Å². The third kappa shape index (κ3) is 8.95. The monoisotopic (exact) mass is 919 g/mol. The van der Waals surface area contributed by atoms with Crippen LogP contribution in [0.3, 0.4) is 0 Å². The van der Waals surface area contributed by atoms with E-state index in [4.69, 9.17) is 16.3 Å². The number of pyridine rings is 1. The summed E-state index contributed by atoms with van der Waals surface area (Å²) in [5.41, 5.74) is 4.20. The van der Waals surface area contributed by atoms with Crippen molar-refractivity contribution < 1.29 is 28.0 Å². The van der Waals surface area contributed by atoms with Crippen molar-refractivity contribution in [3.63, 3.8) is 0 Å². The lowest BCUT2D eigenvalue weighted by Gasteiger charge is -2.60. The first-order valence-electron chi connectivity index (χ1n) is 22.6. The topological polar surface area (TPSA) is 183 Å². The van der Waals surface area contributed by atoms with E-state index in [0.29, 0.717) is 29.7 Å². The summed E-state index contributed by atoms with van der Waals surface area (Å²) in [6, 6.07) is 20.5. The van der Waals surface area contributed by atoms with Crippen LogP contribution in [0, 0.1) is 27.4 Å². The average molecular weight is 921 g/mol. The van der Waals surface area contributed by atoms with Crippen LogP contribution in [0.25, 0.3) is 16.6 Å². The van der Waals surface area contributed by atoms with Crippen molar-refractivity contribution in [3.8, 4) is 11.5 Å². The summed E-state index contributed by atoms with van der Waals surface area (Å²) in [6.07, 6.45) is 11.1. The van der Waals surface area contributed by atoms with Gasteiger partial charge in [-0.1, -0.05) is 43.2 Å². The zero-order valence-electron chi connectivity index (χ0n) is 36.6. The lowest BCUT2D eigenvalue weighted by molar-refractivity contribution is -0.384. The Labute approximate surface area is 383 Å². The van der Waals surface area contributed by atoms with Gasteiger partial charge in [-0.15, -0.1) is 0 Å². The molecule has 6 aliphatic rings. The van der Waals surface area contributed by atoms with E-state index in [2.05, 4.69) is 55.8 Å². The van der Waals surface area contributed by atoms with Crippen LogP contribution in [0.1, 0.15) is 87.6 Å². The number of amides is 1. The van der Waals surface area contributed by atoms with Gasteiger partial charge >= 0.3 is 0 Å². The van der Waals surface area contributed by atoms with E-state index < -0.39 is 42.6 Å². The maximum atomic E-state index is 14.1. The number of anilines is 2. The van der Waals surface area contributed by atoms with Gasteiger partial charge < -0.3 is 25.0 Å². The van der Waals surface area contributed by atoms with Crippen molar-refractivity contribution in [1.29, 1.82) is 0 Å². The Balaban J connectivity index is 0.878. The van der Waals surface area contributed by atoms with Crippen molar-refractivity contribution in [2.24, 2.45) is 17.3 Å². The number of ether oxygens (including phenoxy) is 1. The first-order chi connectivity index (χ1) is 31.0. The number of fused-ring (bicyclic) bond motifs is 1. The summed E-state index contributed by atoms with van der Waals surface area (Å²) in [7, 11) is -4.60. The number of hydrogen-bond acceptors (Lipinski definition) is 11. The van der Waals surface area contributed by atoms with Crippen molar-refractivity contribution >= 4 is 61.2 Å². The lowest BCUT2D eigenvalue weighted by Crippen LogP contribution is -2.62. The van der Waals surface area contributed by atoms with Crippen LogP contribution in [0.15, 0.2) is 95.7 Å². The normalized spacial score (nSPS) is 25.2. The number of aliphatic hydroxyl groups is 1. The zero-order chi connectivity index (χ0) is 45.3. The maximum Gasteiger partial charge on any atom is 0.293 e. The Bertz CT molecular complexity index is 2820. The molecule has 5 fully saturated rings. The molecule has 5 aromatic rings. The molecule has 3 heterocycles. The van der Waals surface area contributed by atoms with Crippen LogP contribution in [0.2, 0.25) is 5.02 Å². The predicted molar refractivity (Wildman–Crippen MR) is 251 cm³/mol. The highest BCUT2D eigenvalue weighted by Gasteiger charge is 2.57. The van der Waals surface area contributed by atoms with Gasteiger partial charge in [-0.2, -0.15) is 0 Å². The van der Waals surface area contributed by atoms with Crippen molar-refractivity contribution in [2.75, 3.05) is 42.9 Å². The van der Waals surface area contributed by atoms with Gasteiger partial charge in [0, 0.05) is 72.7 Å². The van der Waals surface area contributed by atoms with E-state index >= 15 is 0 Å². The summed E-state index contributed by atoms with van der Waals surface area (Å²) >= 11 is 6.25. The quantitative estimate of drug-likeness (QED) is 0.0691. The highest BCUT2D eigenvalue weighted by molar-refractivity contribution is 7.90. The SMILES string of the molecule is CC1(C)CCC(CN2CCN(c3ccc(C(=O)NS(=O)(=O)c4ccc(NC56CC7CC(CC(O)(C7)C5)C6)c([N+](=O)[O-])c4)c(Oc4cnc5[nH]ccc5c4)c3)CC2)=C(c2ccc(Cl)cc2)C1. The summed E-state index contributed by atoms with van der Waals surface area (Å²) in [5, 5.41) is 28.6. The Morgan fingerprint density at radius 3 is 2.48 bits per heavy atom. The second-order valence-corrected chi connectivity index (χ2v) is 22.1. The minimum absolute atomic E-state index is 0.0421. The molecule has 2 atom stereocenters. The van der Waals surface area contributed by atoms with Gasteiger partial charge in [-0.3, -0.25) is 19.8 Å². The molecule has 2 unspecified atom stereocenters. The minimum Gasteiger partial charge on any atom is -0.455 e. The molecule has 4 bridgehead atoms. The van der Waals surface area contributed by atoms with Gasteiger partial charge in [0.25, 0.3) is 21.6 Å². The van der Waals surface area contributed by atoms with E-state index in [1.54, 1.807) is 30.5 Å². The summed E-state index contributed by atoms with van der Waals surface area (Å²) in [6.45, 7) is 8.62. The highest BCUT2D eigenvalue weighted by Crippen LogP contribution is 2.58. The number of nitro groups is 1. The maximum absolute atomic E-state index is 14.1. The predicted octanol–water partition coefficient (Wildman–Crippen LogP) is 9.32. The van der Waals surface area contributed by atoms with Gasteiger partial charge in [-0.05, 0) is 135 Å². The van der Waals surface area contributed by atoms with Crippen LogP contribution >= 0.6 is 11.6 Å². The molecule has 14 nitrogen and oxygen atoms in total. The number of nitro benzene ring substituents is 1.